The highest BCUT2D eigenvalue weighted by Crippen LogP contribution is 2.10. The third-order valence-electron chi connectivity index (χ3n) is 2.01. The van der Waals surface area contributed by atoms with Gasteiger partial charge in [-0.2, -0.15) is 0 Å². The van der Waals surface area contributed by atoms with Gasteiger partial charge in [-0.15, -0.1) is 0 Å². The zero-order valence-electron chi connectivity index (χ0n) is 10.7. The zero-order valence-corrected chi connectivity index (χ0v) is 10.7. The minimum Gasteiger partial charge on any atom is -0.477 e. The summed E-state index contributed by atoms with van der Waals surface area (Å²) in [7, 11) is 0. The molecule has 0 saturated carbocycles. The summed E-state index contributed by atoms with van der Waals surface area (Å²) >= 11 is 0. The first kappa shape index (κ1) is 17.4. The highest BCUT2D eigenvalue weighted by molar-refractivity contribution is 6.13. The van der Waals surface area contributed by atoms with Crippen LogP contribution in [0.3, 0.4) is 0 Å². The van der Waals surface area contributed by atoms with Gasteiger partial charge in [-0.05, 0) is 6.42 Å². The largest absolute Gasteiger partial charge is 0.477 e. The van der Waals surface area contributed by atoms with Crippen LogP contribution in [-0.2, 0) is 28.7 Å². The van der Waals surface area contributed by atoms with E-state index in [1.54, 1.807) is 6.92 Å². The second-order valence-corrected chi connectivity index (χ2v) is 3.60. The first-order valence-electron chi connectivity index (χ1n) is 5.47. The van der Waals surface area contributed by atoms with Crippen molar-refractivity contribution in [3.05, 3.63) is 24.3 Å². The van der Waals surface area contributed by atoms with Crippen molar-refractivity contribution in [3.63, 3.8) is 0 Å². The summed E-state index contributed by atoms with van der Waals surface area (Å²) in [5.74, 6) is -5.70. The molecule has 0 saturated heterocycles. The molecular weight excluding hydrogens is 272 g/mol. The van der Waals surface area contributed by atoms with E-state index in [2.05, 4.69) is 22.6 Å². The molecule has 0 spiro atoms. The molecule has 0 amide bonds. The molecule has 0 aliphatic heterocycles. The topological polar surface area (TPSA) is 127 Å². The van der Waals surface area contributed by atoms with Crippen molar-refractivity contribution in [2.24, 2.45) is 0 Å². The lowest BCUT2D eigenvalue weighted by Crippen LogP contribution is -2.28. The Bertz CT molecular complexity index is 422. The third kappa shape index (κ3) is 5.34. The Morgan fingerprint density at radius 1 is 0.950 bits per heavy atom. The molecule has 0 aliphatic carbocycles. The van der Waals surface area contributed by atoms with Gasteiger partial charge in [0, 0.05) is 6.42 Å². The third-order valence-corrected chi connectivity index (χ3v) is 2.01. The van der Waals surface area contributed by atoms with Gasteiger partial charge in [0.05, 0.1) is 0 Å². The minimum absolute atomic E-state index is 0.0667. The smallest absolute Gasteiger partial charge is 0.348 e. The van der Waals surface area contributed by atoms with Crippen LogP contribution in [0.15, 0.2) is 24.3 Å². The summed E-state index contributed by atoms with van der Waals surface area (Å²) in [6.45, 7) is 7.65. The first-order chi connectivity index (χ1) is 9.20. The van der Waals surface area contributed by atoms with Crippen molar-refractivity contribution < 1.29 is 38.9 Å². The molecule has 8 heteroatoms. The molecule has 0 unspecified atom stereocenters. The monoisotopic (exact) mass is 286 g/mol. The van der Waals surface area contributed by atoms with Crippen LogP contribution in [0.2, 0.25) is 0 Å². The Labute approximate surface area is 114 Å². The Hall–Kier alpha value is -2.64. The predicted octanol–water partition coefficient (Wildman–Crippen LogP) is 0.481. The van der Waals surface area contributed by atoms with E-state index in [0.29, 0.717) is 6.42 Å². The number of hydrogen-bond acceptors (Lipinski definition) is 6. The molecule has 0 aromatic rings. The molecular formula is C12H14O8. The van der Waals surface area contributed by atoms with E-state index in [-0.39, 0.29) is 6.42 Å². The summed E-state index contributed by atoms with van der Waals surface area (Å²) in [5, 5.41) is 17.1. The first-order valence-corrected chi connectivity index (χ1v) is 5.47. The van der Waals surface area contributed by atoms with Crippen molar-refractivity contribution in [2.45, 2.75) is 26.1 Å². The molecule has 8 nitrogen and oxygen atoms in total. The average molecular weight is 286 g/mol. The number of carbonyl (C=O) groups excluding carboxylic acids is 2. The number of rotatable bonds is 8. The summed E-state index contributed by atoms with van der Waals surface area (Å²) in [4.78, 5) is 43.6. The molecule has 2 N–H and O–H groups in total. The fourth-order valence-electron chi connectivity index (χ4n) is 0.933. The van der Waals surface area contributed by atoms with Crippen LogP contribution in [0.5, 0.6) is 0 Å². The van der Waals surface area contributed by atoms with E-state index in [1.807, 2.05) is 0 Å². The maximum absolute atomic E-state index is 11.3. The van der Waals surface area contributed by atoms with Crippen molar-refractivity contribution in [1.29, 1.82) is 0 Å². The second kappa shape index (κ2) is 7.72. The average Bonchev–Trinajstić information content (AvgIpc) is 2.36. The lowest BCUT2D eigenvalue weighted by atomic mass is 10.3. The fourth-order valence-corrected chi connectivity index (χ4v) is 0.933. The van der Waals surface area contributed by atoms with E-state index in [9.17, 15) is 19.2 Å². The van der Waals surface area contributed by atoms with Crippen LogP contribution in [0, 0.1) is 0 Å². The Kier molecular flexibility index (Phi) is 6.70. The maximum atomic E-state index is 11.3. The minimum atomic E-state index is -1.58. The molecule has 0 rings (SSSR count). The van der Waals surface area contributed by atoms with E-state index < -0.39 is 41.3 Å². The highest BCUT2D eigenvalue weighted by Gasteiger charge is 2.25. The molecule has 0 aromatic carbocycles. The van der Waals surface area contributed by atoms with Gasteiger partial charge >= 0.3 is 23.9 Å². The van der Waals surface area contributed by atoms with Crippen LogP contribution in [0.4, 0.5) is 0 Å². The molecule has 0 bridgehead atoms. The number of esters is 2. The number of ether oxygens (including phenoxy) is 2. The van der Waals surface area contributed by atoms with Crippen molar-refractivity contribution in [2.75, 3.05) is 0 Å². The van der Waals surface area contributed by atoms with E-state index in [0.717, 1.165) is 0 Å². The van der Waals surface area contributed by atoms with E-state index in [4.69, 9.17) is 10.2 Å². The van der Waals surface area contributed by atoms with E-state index in [1.165, 1.54) is 0 Å². The van der Waals surface area contributed by atoms with Crippen LogP contribution in [-0.4, -0.2) is 40.4 Å². The van der Waals surface area contributed by atoms with Gasteiger partial charge in [-0.25, -0.2) is 19.2 Å². The van der Waals surface area contributed by atoms with Crippen molar-refractivity contribution >= 4 is 23.9 Å². The normalized spacial score (nSPS) is 9.70. The van der Waals surface area contributed by atoms with Gasteiger partial charge in [0.2, 0.25) is 6.29 Å². The Morgan fingerprint density at radius 2 is 1.30 bits per heavy atom. The summed E-state index contributed by atoms with van der Waals surface area (Å²) < 4.78 is 9.24. The van der Waals surface area contributed by atoms with Gasteiger partial charge < -0.3 is 19.7 Å². The number of carboxylic acids is 2. The Balaban J connectivity index is 4.74. The standard InChI is InChI=1S/C12H14O8/c1-4-5-8(19-11(17)6(2)9(13)14)20-12(18)7(3)10(15)16/h8H,2-5H2,1H3,(H,13,14)(H,15,16). The maximum Gasteiger partial charge on any atom is 0.348 e. The molecule has 0 atom stereocenters. The van der Waals surface area contributed by atoms with Gasteiger partial charge in [0.1, 0.15) is 11.1 Å². The highest BCUT2D eigenvalue weighted by atomic mass is 16.7. The SMILES string of the molecule is C=C(C(=O)O)C(=O)OC(CCC)OC(=O)C(=C)C(=O)O. The summed E-state index contributed by atoms with van der Waals surface area (Å²) in [5.41, 5.74) is -1.67. The molecule has 0 fully saturated rings. The molecule has 0 radical (unpaired) electrons. The molecule has 0 heterocycles. The summed E-state index contributed by atoms with van der Waals surface area (Å²) in [6.07, 6.45) is -0.908. The molecule has 20 heavy (non-hydrogen) atoms. The lowest BCUT2D eigenvalue weighted by molar-refractivity contribution is -0.183. The van der Waals surface area contributed by atoms with E-state index >= 15 is 0 Å². The second-order valence-electron chi connectivity index (χ2n) is 3.60. The van der Waals surface area contributed by atoms with Crippen LogP contribution < -0.4 is 0 Å². The number of aliphatic carboxylic acids is 2. The molecule has 0 aromatic heterocycles. The Morgan fingerprint density at radius 3 is 1.55 bits per heavy atom. The molecule has 0 aliphatic rings. The number of carboxylic acid groups (broad SMARTS) is 2. The van der Waals surface area contributed by atoms with Crippen LogP contribution >= 0.6 is 0 Å². The van der Waals surface area contributed by atoms with Gasteiger partial charge in [0.25, 0.3) is 0 Å². The zero-order chi connectivity index (χ0) is 15.9. The van der Waals surface area contributed by atoms with Crippen molar-refractivity contribution in [1.82, 2.24) is 0 Å². The summed E-state index contributed by atoms with van der Waals surface area (Å²) in [6, 6.07) is 0. The quantitative estimate of drug-likeness (QED) is 0.217. The van der Waals surface area contributed by atoms with Gasteiger partial charge in [-0.3, -0.25) is 0 Å². The lowest BCUT2D eigenvalue weighted by Gasteiger charge is -2.17. The predicted molar refractivity (Wildman–Crippen MR) is 64.4 cm³/mol. The van der Waals surface area contributed by atoms with Crippen molar-refractivity contribution in [3.8, 4) is 0 Å². The molecule has 110 valence electrons. The van der Waals surface area contributed by atoms with Gasteiger partial charge in [0.15, 0.2) is 0 Å². The van der Waals surface area contributed by atoms with Crippen LogP contribution in [0.1, 0.15) is 19.8 Å². The van der Waals surface area contributed by atoms with Gasteiger partial charge in [-0.1, -0.05) is 20.1 Å². The van der Waals surface area contributed by atoms with Crippen LogP contribution in [0.25, 0.3) is 0 Å². The number of carbonyl (C=O) groups is 4. The fraction of sp³-hybridized carbons (Fsp3) is 0.333. The number of hydrogen-bond donors (Lipinski definition) is 2.